The number of hydrogen-bond acceptors (Lipinski definition) is 5. The van der Waals surface area contributed by atoms with Gasteiger partial charge in [-0.2, -0.15) is 0 Å². The minimum atomic E-state index is -0.460. The lowest BCUT2D eigenvalue weighted by Gasteiger charge is -2.29. The van der Waals surface area contributed by atoms with E-state index in [-0.39, 0.29) is 17.5 Å². The third-order valence-corrected chi connectivity index (χ3v) is 3.32. The van der Waals surface area contributed by atoms with Gasteiger partial charge < -0.3 is 10.8 Å². The molecule has 6 heteroatoms. The van der Waals surface area contributed by atoms with Crippen LogP contribution in [-0.4, -0.2) is 34.1 Å². The molecule has 6 nitrogen and oxygen atoms in total. The smallest absolute Gasteiger partial charge is 0.292 e. The van der Waals surface area contributed by atoms with E-state index in [1.54, 1.807) is 6.07 Å². The number of hydrogen-bond donors (Lipinski definition) is 2. The number of para-hydroxylation sites is 1. The van der Waals surface area contributed by atoms with Crippen molar-refractivity contribution in [3.05, 3.63) is 33.9 Å². The Bertz CT molecular complexity index is 442. The Morgan fingerprint density at radius 2 is 2.11 bits per heavy atom. The molecule has 2 rings (SSSR count). The molecular formula is C12H17N3O3. The summed E-state index contributed by atoms with van der Waals surface area (Å²) < 4.78 is 0. The van der Waals surface area contributed by atoms with Crippen molar-refractivity contribution in [2.75, 3.05) is 18.8 Å². The maximum atomic E-state index is 10.8. The van der Waals surface area contributed by atoms with E-state index in [9.17, 15) is 15.2 Å². The summed E-state index contributed by atoms with van der Waals surface area (Å²) >= 11 is 0. The van der Waals surface area contributed by atoms with Crippen LogP contribution in [0.2, 0.25) is 0 Å². The van der Waals surface area contributed by atoms with Crippen molar-refractivity contribution in [2.45, 2.75) is 25.5 Å². The average molecular weight is 251 g/mol. The lowest BCUT2D eigenvalue weighted by molar-refractivity contribution is -0.384. The van der Waals surface area contributed by atoms with E-state index < -0.39 is 4.92 Å². The molecule has 18 heavy (non-hydrogen) atoms. The van der Waals surface area contributed by atoms with Crippen molar-refractivity contribution in [2.24, 2.45) is 0 Å². The van der Waals surface area contributed by atoms with Gasteiger partial charge in [0.05, 0.1) is 11.0 Å². The van der Waals surface area contributed by atoms with Gasteiger partial charge >= 0.3 is 0 Å². The number of aliphatic hydroxyl groups is 1. The van der Waals surface area contributed by atoms with Crippen LogP contribution >= 0.6 is 0 Å². The van der Waals surface area contributed by atoms with Crippen molar-refractivity contribution >= 4 is 11.4 Å². The molecule has 0 bridgehead atoms. The zero-order chi connectivity index (χ0) is 13.1. The highest BCUT2D eigenvalue weighted by atomic mass is 16.6. The van der Waals surface area contributed by atoms with Gasteiger partial charge in [-0.25, -0.2) is 0 Å². The van der Waals surface area contributed by atoms with Crippen LogP contribution in [0.1, 0.15) is 18.4 Å². The number of benzene rings is 1. The van der Waals surface area contributed by atoms with Crippen molar-refractivity contribution in [1.82, 2.24) is 4.90 Å². The van der Waals surface area contributed by atoms with Gasteiger partial charge in [0.15, 0.2) is 0 Å². The number of likely N-dealkylation sites (tertiary alicyclic amines) is 1. The summed E-state index contributed by atoms with van der Waals surface area (Å²) in [6, 6.07) is 4.88. The molecule has 0 aromatic heterocycles. The van der Waals surface area contributed by atoms with Crippen LogP contribution in [0.15, 0.2) is 18.2 Å². The van der Waals surface area contributed by atoms with Crippen LogP contribution in [0.25, 0.3) is 0 Å². The topological polar surface area (TPSA) is 92.6 Å². The molecule has 1 heterocycles. The maximum Gasteiger partial charge on any atom is 0.292 e. The van der Waals surface area contributed by atoms with Crippen LogP contribution in [0.3, 0.4) is 0 Å². The van der Waals surface area contributed by atoms with Crippen molar-refractivity contribution in [3.8, 4) is 0 Å². The van der Waals surface area contributed by atoms with Gasteiger partial charge in [0, 0.05) is 25.7 Å². The van der Waals surface area contributed by atoms with Gasteiger partial charge in [0.25, 0.3) is 5.69 Å². The number of nitrogens with zero attached hydrogens (tertiary/aromatic N) is 2. The van der Waals surface area contributed by atoms with Crippen LogP contribution < -0.4 is 5.73 Å². The molecule has 0 unspecified atom stereocenters. The van der Waals surface area contributed by atoms with Crippen molar-refractivity contribution in [3.63, 3.8) is 0 Å². The molecule has 1 aliphatic rings. The Kier molecular flexibility index (Phi) is 3.78. The highest BCUT2D eigenvalue weighted by Gasteiger charge is 2.20. The largest absolute Gasteiger partial charge is 0.393 e. The Morgan fingerprint density at radius 3 is 2.72 bits per heavy atom. The SMILES string of the molecule is Nc1c(CN2CCC(O)CC2)cccc1[N+](=O)[O-]. The van der Waals surface area contributed by atoms with Gasteiger partial charge in [-0.3, -0.25) is 15.0 Å². The Hall–Kier alpha value is -1.66. The van der Waals surface area contributed by atoms with Gasteiger partial charge in [-0.15, -0.1) is 0 Å². The van der Waals surface area contributed by atoms with Gasteiger partial charge in [0.1, 0.15) is 5.69 Å². The average Bonchev–Trinajstić information content (AvgIpc) is 2.34. The summed E-state index contributed by atoms with van der Waals surface area (Å²) in [5, 5.41) is 20.2. The molecule has 1 aliphatic heterocycles. The number of piperidine rings is 1. The summed E-state index contributed by atoms with van der Waals surface area (Å²) in [7, 11) is 0. The van der Waals surface area contributed by atoms with E-state index in [0.717, 1.165) is 31.5 Å². The summed E-state index contributed by atoms with van der Waals surface area (Å²) in [5.41, 5.74) is 6.80. The standard InChI is InChI=1S/C12H17N3O3/c13-12-9(2-1-3-11(12)15(17)18)8-14-6-4-10(16)5-7-14/h1-3,10,16H,4-8,13H2. The summed E-state index contributed by atoms with van der Waals surface area (Å²) in [6.45, 7) is 2.19. The zero-order valence-corrected chi connectivity index (χ0v) is 10.1. The predicted molar refractivity (Wildman–Crippen MR) is 68.0 cm³/mol. The number of nitrogens with two attached hydrogens (primary N) is 1. The molecule has 0 atom stereocenters. The minimum absolute atomic E-state index is 0.0375. The first-order valence-corrected chi connectivity index (χ1v) is 6.00. The van der Waals surface area contributed by atoms with E-state index >= 15 is 0 Å². The predicted octanol–water partition coefficient (Wildman–Crippen LogP) is 1.13. The third-order valence-electron chi connectivity index (χ3n) is 3.32. The zero-order valence-electron chi connectivity index (χ0n) is 10.1. The van der Waals surface area contributed by atoms with Crippen LogP contribution in [0.5, 0.6) is 0 Å². The number of rotatable bonds is 3. The first-order chi connectivity index (χ1) is 8.58. The molecule has 1 saturated heterocycles. The molecular weight excluding hydrogens is 234 g/mol. The first kappa shape index (κ1) is 12.8. The second-order valence-corrected chi connectivity index (χ2v) is 4.61. The number of aliphatic hydroxyl groups excluding tert-OH is 1. The fourth-order valence-corrected chi connectivity index (χ4v) is 2.21. The number of nitro groups is 1. The molecule has 3 N–H and O–H groups in total. The first-order valence-electron chi connectivity index (χ1n) is 6.00. The normalized spacial score (nSPS) is 17.8. The van der Waals surface area contributed by atoms with Gasteiger partial charge in [-0.1, -0.05) is 12.1 Å². The number of nitro benzene ring substituents is 1. The fraction of sp³-hybridized carbons (Fsp3) is 0.500. The summed E-state index contributed by atoms with van der Waals surface area (Å²) in [5.74, 6) is 0. The van der Waals surface area contributed by atoms with Gasteiger partial charge in [-0.05, 0) is 18.4 Å². The van der Waals surface area contributed by atoms with Crippen molar-refractivity contribution < 1.29 is 10.0 Å². The molecule has 0 radical (unpaired) electrons. The number of anilines is 1. The third kappa shape index (κ3) is 2.77. The summed E-state index contributed by atoms with van der Waals surface area (Å²) in [4.78, 5) is 12.5. The van der Waals surface area contributed by atoms with E-state index in [4.69, 9.17) is 5.73 Å². The highest BCUT2D eigenvalue weighted by molar-refractivity contribution is 5.62. The molecule has 0 saturated carbocycles. The Balaban J connectivity index is 2.10. The fourth-order valence-electron chi connectivity index (χ4n) is 2.21. The quantitative estimate of drug-likeness (QED) is 0.477. The minimum Gasteiger partial charge on any atom is -0.393 e. The molecule has 1 fully saturated rings. The Morgan fingerprint density at radius 1 is 1.44 bits per heavy atom. The second-order valence-electron chi connectivity index (χ2n) is 4.61. The van der Waals surface area contributed by atoms with Crippen LogP contribution in [-0.2, 0) is 6.54 Å². The van der Waals surface area contributed by atoms with E-state index in [0.29, 0.717) is 6.54 Å². The maximum absolute atomic E-state index is 10.8. The monoisotopic (exact) mass is 251 g/mol. The van der Waals surface area contributed by atoms with E-state index in [1.807, 2.05) is 6.07 Å². The number of nitrogen functional groups attached to an aromatic ring is 1. The molecule has 0 aliphatic carbocycles. The van der Waals surface area contributed by atoms with Crippen LogP contribution in [0, 0.1) is 10.1 Å². The molecule has 1 aromatic carbocycles. The molecule has 98 valence electrons. The van der Waals surface area contributed by atoms with Crippen molar-refractivity contribution in [1.29, 1.82) is 0 Å². The molecule has 0 spiro atoms. The van der Waals surface area contributed by atoms with E-state index in [2.05, 4.69) is 4.90 Å². The van der Waals surface area contributed by atoms with E-state index in [1.165, 1.54) is 6.07 Å². The van der Waals surface area contributed by atoms with Gasteiger partial charge in [0.2, 0.25) is 0 Å². The lowest BCUT2D eigenvalue weighted by Crippen LogP contribution is -2.35. The Labute approximate surface area is 105 Å². The van der Waals surface area contributed by atoms with Crippen LogP contribution in [0.4, 0.5) is 11.4 Å². The molecule has 0 amide bonds. The summed E-state index contributed by atoms with van der Waals surface area (Å²) in [6.07, 6.45) is 1.27. The molecule has 1 aromatic rings. The highest BCUT2D eigenvalue weighted by Crippen LogP contribution is 2.26. The second kappa shape index (κ2) is 5.32. The lowest BCUT2D eigenvalue weighted by atomic mass is 10.1.